The summed E-state index contributed by atoms with van der Waals surface area (Å²) in [5.74, 6) is -2.97. The number of halogens is 5. The number of benzene rings is 5. The number of carbonyl (C=O) groups is 6. The lowest BCUT2D eigenvalue weighted by atomic mass is 10.1. The molecular weight excluding hydrogens is 1020 g/mol. The zero-order chi connectivity index (χ0) is 51.9. The highest BCUT2D eigenvalue weighted by molar-refractivity contribution is 6.35. The van der Waals surface area contributed by atoms with Crippen molar-refractivity contribution in [1.29, 1.82) is 0 Å². The Morgan fingerprint density at radius 1 is 0.577 bits per heavy atom. The topological polar surface area (TPSA) is 218 Å². The molecular formula is C50H49Cl5N8O8. The van der Waals surface area contributed by atoms with Crippen LogP contribution in [-0.2, 0) is 25.6 Å². The summed E-state index contributed by atoms with van der Waals surface area (Å²) in [5, 5.41) is 26.4. The highest BCUT2D eigenvalue weighted by atomic mass is 35.5. The number of hydrogen-bond acceptors (Lipinski definition) is 12. The van der Waals surface area contributed by atoms with E-state index in [1.54, 1.807) is 50.2 Å². The SMILES string of the molecule is CCOc1cccc(NC(=O)c2cc(N=NC(C(C)=O)C(=O)Nc3ccc(NC(=O)C(N=Nc4ccc(Cl)c(C(=O)Nc5cccc(OCC)c5C(C)Cl)c4)C(C)=O)c(CCCl)c3)ccc2Cl)c1C(C)Cl. The van der Waals surface area contributed by atoms with Gasteiger partial charge in [-0.25, -0.2) is 0 Å². The van der Waals surface area contributed by atoms with E-state index < -0.39 is 58.0 Å². The van der Waals surface area contributed by atoms with Gasteiger partial charge in [-0.1, -0.05) is 35.3 Å². The molecule has 16 nitrogen and oxygen atoms in total. The Labute approximate surface area is 435 Å². The van der Waals surface area contributed by atoms with Crippen LogP contribution < -0.4 is 30.7 Å². The summed E-state index contributed by atoms with van der Waals surface area (Å²) in [4.78, 5) is 79.5. The van der Waals surface area contributed by atoms with E-state index in [1.165, 1.54) is 68.4 Å². The molecule has 4 amide bonds. The molecule has 0 fully saturated rings. The first-order chi connectivity index (χ1) is 33.9. The summed E-state index contributed by atoms with van der Waals surface area (Å²) in [6, 6.07) is 20.0. The molecule has 0 aliphatic rings. The third-order valence-electron chi connectivity index (χ3n) is 10.3. The summed E-state index contributed by atoms with van der Waals surface area (Å²) in [6.07, 6.45) is 0.205. The molecule has 0 spiro atoms. The van der Waals surface area contributed by atoms with Gasteiger partial charge in [0.25, 0.3) is 23.6 Å². The molecule has 0 aromatic heterocycles. The van der Waals surface area contributed by atoms with Crippen molar-refractivity contribution in [2.24, 2.45) is 20.5 Å². The number of ether oxygens (including phenoxy) is 2. The van der Waals surface area contributed by atoms with Crippen LogP contribution in [-0.4, -0.2) is 66.4 Å². The maximum atomic E-state index is 13.6. The molecule has 0 aliphatic heterocycles. The van der Waals surface area contributed by atoms with Gasteiger partial charge in [0.1, 0.15) is 11.5 Å². The number of amides is 4. The molecule has 5 aromatic carbocycles. The van der Waals surface area contributed by atoms with E-state index in [-0.39, 0.29) is 56.2 Å². The van der Waals surface area contributed by atoms with Gasteiger partial charge in [0, 0.05) is 39.8 Å². The van der Waals surface area contributed by atoms with Crippen LogP contribution in [0, 0.1) is 0 Å². The zero-order valence-corrected chi connectivity index (χ0v) is 43.0. The van der Waals surface area contributed by atoms with Gasteiger partial charge in [-0.05, 0) is 132 Å². The summed E-state index contributed by atoms with van der Waals surface area (Å²) >= 11 is 31.8. The molecule has 0 aliphatic carbocycles. The van der Waals surface area contributed by atoms with Gasteiger partial charge < -0.3 is 30.7 Å². The highest BCUT2D eigenvalue weighted by Gasteiger charge is 2.27. The van der Waals surface area contributed by atoms with Crippen molar-refractivity contribution < 1.29 is 38.2 Å². The number of nitrogens with one attached hydrogen (secondary N) is 4. The van der Waals surface area contributed by atoms with Crippen molar-refractivity contribution in [3.63, 3.8) is 0 Å². The van der Waals surface area contributed by atoms with Gasteiger partial charge in [0.05, 0.1) is 56.5 Å². The molecule has 4 N–H and O–H groups in total. The van der Waals surface area contributed by atoms with Gasteiger partial charge in [-0.3, -0.25) is 28.8 Å². The number of anilines is 4. The van der Waals surface area contributed by atoms with Crippen molar-refractivity contribution in [3.05, 3.63) is 129 Å². The van der Waals surface area contributed by atoms with Gasteiger partial charge in [-0.15, -0.1) is 34.8 Å². The Bertz CT molecular complexity index is 2880. The molecule has 0 bridgehead atoms. The predicted octanol–water partition coefficient (Wildman–Crippen LogP) is 13.0. The molecule has 0 saturated carbocycles. The van der Waals surface area contributed by atoms with Gasteiger partial charge in [-0.2, -0.15) is 20.5 Å². The summed E-state index contributed by atoms with van der Waals surface area (Å²) in [5.41, 5.74) is 3.24. The Morgan fingerprint density at radius 3 is 1.44 bits per heavy atom. The first-order valence-electron chi connectivity index (χ1n) is 22.0. The van der Waals surface area contributed by atoms with Crippen LogP contribution in [0.25, 0.3) is 0 Å². The molecule has 4 unspecified atom stereocenters. The Morgan fingerprint density at radius 2 is 1.03 bits per heavy atom. The number of aryl methyl sites for hydroxylation is 1. The minimum absolute atomic E-state index is 0.0347. The number of alkyl halides is 3. The fourth-order valence-corrected chi connectivity index (χ4v) is 8.03. The van der Waals surface area contributed by atoms with Crippen LogP contribution in [0.2, 0.25) is 10.0 Å². The third kappa shape index (κ3) is 14.8. The predicted molar refractivity (Wildman–Crippen MR) is 279 cm³/mol. The van der Waals surface area contributed by atoms with Crippen LogP contribution in [0.3, 0.4) is 0 Å². The summed E-state index contributed by atoms with van der Waals surface area (Å²) in [6.45, 7) is 10.3. The summed E-state index contributed by atoms with van der Waals surface area (Å²) < 4.78 is 11.4. The molecule has 21 heteroatoms. The van der Waals surface area contributed by atoms with E-state index in [0.29, 0.717) is 52.8 Å². The van der Waals surface area contributed by atoms with Crippen molar-refractivity contribution >= 4 is 127 Å². The van der Waals surface area contributed by atoms with Crippen LogP contribution >= 0.6 is 58.0 Å². The van der Waals surface area contributed by atoms with E-state index in [2.05, 4.69) is 41.7 Å². The van der Waals surface area contributed by atoms with Gasteiger partial charge in [0.2, 0.25) is 12.1 Å². The smallest absolute Gasteiger partial charge is 0.258 e. The van der Waals surface area contributed by atoms with E-state index >= 15 is 0 Å². The lowest BCUT2D eigenvalue weighted by Crippen LogP contribution is -2.32. The number of rotatable bonds is 22. The summed E-state index contributed by atoms with van der Waals surface area (Å²) in [7, 11) is 0. The fraction of sp³-hybridized carbons (Fsp3) is 0.280. The van der Waals surface area contributed by atoms with E-state index in [1.807, 2.05) is 13.8 Å². The average Bonchev–Trinajstić information content (AvgIpc) is 3.31. The van der Waals surface area contributed by atoms with E-state index in [0.717, 1.165) is 0 Å². The second-order valence-electron chi connectivity index (χ2n) is 15.5. The average molecular weight is 1070 g/mol. The lowest BCUT2D eigenvalue weighted by molar-refractivity contribution is -0.127. The van der Waals surface area contributed by atoms with Crippen LogP contribution in [0.1, 0.15) is 89.7 Å². The Hall–Kier alpha value is -6.43. The molecule has 372 valence electrons. The normalized spacial score (nSPS) is 12.9. The minimum atomic E-state index is -1.61. The quantitative estimate of drug-likeness (QED) is 0.0296. The Balaban J connectivity index is 1.29. The number of ketones is 2. The third-order valence-corrected chi connectivity index (χ3v) is 11.5. The molecule has 0 heterocycles. The van der Waals surface area contributed by atoms with Crippen LogP contribution in [0.15, 0.2) is 111 Å². The molecule has 0 saturated heterocycles. The zero-order valence-electron chi connectivity index (χ0n) is 39.2. The van der Waals surface area contributed by atoms with Gasteiger partial charge in [0.15, 0.2) is 11.6 Å². The first-order valence-corrected chi connectivity index (χ1v) is 24.2. The second kappa shape index (κ2) is 26.1. The maximum absolute atomic E-state index is 13.6. The van der Waals surface area contributed by atoms with Crippen molar-refractivity contribution in [3.8, 4) is 11.5 Å². The van der Waals surface area contributed by atoms with Crippen LogP contribution in [0.4, 0.5) is 34.1 Å². The van der Waals surface area contributed by atoms with Crippen molar-refractivity contribution in [1.82, 2.24) is 0 Å². The second-order valence-corrected chi connectivity index (χ2v) is 18.0. The minimum Gasteiger partial charge on any atom is -0.493 e. The van der Waals surface area contributed by atoms with Crippen LogP contribution in [0.5, 0.6) is 11.5 Å². The number of carbonyl (C=O) groups excluding carboxylic acids is 6. The maximum Gasteiger partial charge on any atom is 0.258 e. The standard InChI is InChI=1S/C50H49Cl5N8O8/c1-7-70-41-13-9-11-39(43(41)26(3)52)58-47(66)34-24-32(15-18-36(34)54)60-62-45(28(5)64)49(68)56-31-17-20-38(30(23-31)21-22-51)57-50(69)46(29(6)65)63-61-33-16-19-37(55)35(25-33)48(67)59-40-12-10-14-42(71-8-2)44(40)27(4)53/h9-20,23-27,45-46H,7-8,21-22H2,1-6H3,(H,56,68)(H,57,69)(H,58,66)(H,59,67). The lowest BCUT2D eigenvalue weighted by Gasteiger charge is -2.17. The van der Waals surface area contributed by atoms with E-state index in [9.17, 15) is 28.8 Å². The van der Waals surface area contributed by atoms with E-state index in [4.69, 9.17) is 67.5 Å². The van der Waals surface area contributed by atoms with Crippen molar-refractivity contribution in [2.75, 3.05) is 40.4 Å². The molecule has 0 radical (unpaired) electrons. The fourth-order valence-electron chi connectivity index (χ4n) is 6.97. The monoisotopic (exact) mass is 1060 g/mol. The number of azo groups is 2. The Kier molecular flexibility index (Phi) is 20.4. The van der Waals surface area contributed by atoms with Crippen molar-refractivity contribution in [2.45, 2.75) is 70.8 Å². The molecule has 5 aromatic rings. The molecule has 4 atom stereocenters. The van der Waals surface area contributed by atoms with Gasteiger partial charge >= 0.3 is 0 Å². The molecule has 71 heavy (non-hydrogen) atoms. The first kappa shape index (κ1) is 55.5. The highest BCUT2D eigenvalue weighted by Crippen LogP contribution is 2.38. The largest absolute Gasteiger partial charge is 0.493 e. The number of hydrogen-bond donors (Lipinski definition) is 4. The number of nitrogens with zero attached hydrogens (tertiary/aromatic N) is 4. The number of Topliss-reactive ketones (excluding diaryl/α,β-unsaturated/α-hetero) is 2. The molecule has 5 rings (SSSR count).